The zero-order chi connectivity index (χ0) is 9.14. The summed E-state index contributed by atoms with van der Waals surface area (Å²) in [5.41, 5.74) is 0.503. The number of carbonyl (C=O) groups is 1. The number of thiazole rings is 1. The van der Waals surface area contributed by atoms with Crippen LogP contribution in [0.4, 0.5) is 0 Å². The molecule has 0 aliphatic heterocycles. The van der Waals surface area contributed by atoms with Crippen LogP contribution in [-0.4, -0.2) is 16.1 Å². The molecule has 1 unspecified atom stereocenters. The van der Waals surface area contributed by atoms with Gasteiger partial charge in [0.15, 0.2) is 0 Å². The maximum absolute atomic E-state index is 10.5. The molecule has 0 amide bonds. The van der Waals surface area contributed by atoms with Gasteiger partial charge in [-0.2, -0.15) is 0 Å². The Balaban J connectivity index is 2.90. The molecule has 0 aliphatic carbocycles. The van der Waals surface area contributed by atoms with Crippen molar-refractivity contribution in [3.8, 4) is 12.3 Å². The molecule has 12 heavy (non-hydrogen) atoms. The minimum Gasteiger partial charge on any atom is -0.481 e. The van der Waals surface area contributed by atoms with Crippen molar-refractivity contribution in [1.82, 2.24) is 4.98 Å². The molecule has 1 N–H and O–H groups in total. The van der Waals surface area contributed by atoms with E-state index in [1.54, 1.807) is 12.3 Å². The van der Waals surface area contributed by atoms with Crippen molar-refractivity contribution >= 4 is 17.3 Å². The number of hydrogen-bond donors (Lipinski definition) is 1. The lowest BCUT2D eigenvalue weighted by molar-refractivity contribution is -0.138. The number of nitrogens with zero attached hydrogens (tertiary/aromatic N) is 1. The van der Waals surface area contributed by atoms with Gasteiger partial charge in [-0.15, -0.1) is 17.8 Å². The van der Waals surface area contributed by atoms with Crippen LogP contribution in [0.1, 0.15) is 23.5 Å². The maximum Gasteiger partial charge on any atom is 0.313 e. The first-order valence-corrected chi connectivity index (χ1v) is 4.18. The molecular weight excluding hydrogens is 174 g/mol. The van der Waals surface area contributed by atoms with Gasteiger partial charge < -0.3 is 5.11 Å². The van der Waals surface area contributed by atoms with Gasteiger partial charge in [-0.25, -0.2) is 4.98 Å². The Morgan fingerprint density at radius 3 is 3.00 bits per heavy atom. The second-order valence-electron chi connectivity index (χ2n) is 2.28. The van der Waals surface area contributed by atoms with Gasteiger partial charge in [0.05, 0.1) is 0 Å². The number of terminal acetylenes is 1. The predicted octanol–water partition coefficient (Wildman–Crippen LogP) is 1.31. The normalized spacial score (nSPS) is 12.0. The second kappa shape index (κ2) is 3.37. The molecule has 3 nitrogen and oxygen atoms in total. The van der Waals surface area contributed by atoms with E-state index in [1.165, 1.54) is 11.3 Å². The lowest BCUT2D eigenvalue weighted by Gasteiger charge is -1.98. The molecule has 4 heteroatoms. The van der Waals surface area contributed by atoms with Crippen molar-refractivity contribution in [1.29, 1.82) is 0 Å². The fraction of sp³-hybridized carbons (Fsp3) is 0.250. The van der Waals surface area contributed by atoms with Crippen LogP contribution in [0.3, 0.4) is 0 Å². The Kier molecular flexibility index (Phi) is 2.46. The predicted molar refractivity (Wildman–Crippen MR) is 46.1 cm³/mol. The molecule has 0 bridgehead atoms. The topological polar surface area (TPSA) is 50.2 Å². The summed E-state index contributed by atoms with van der Waals surface area (Å²) in [7, 11) is 0. The molecular formula is C8H7NO2S. The Hall–Kier alpha value is -1.34. The third kappa shape index (κ3) is 1.63. The lowest BCUT2D eigenvalue weighted by Crippen LogP contribution is -2.06. The Morgan fingerprint density at radius 2 is 2.58 bits per heavy atom. The molecule has 0 saturated carbocycles. The van der Waals surface area contributed by atoms with Gasteiger partial charge in [0.2, 0.25) is 0 Å². The van der Waals surface area contributed by atoms with E-state index >= 15 is 0 Å². The highest BCUT2D eigenvalue weighted by Gasteiger charge is 2.16. The molecule has 1 aromatic rings. The van der Waals surface area contributed by atoms with Crippen LogP contribution in [0.15, 0.2) is 5.38 Å². The summed E-state index contributed by atoms with van der Waals surface area (Å²) in [6.45, 7) is 1.58. The van der Waals surface area contributed by atoms with Crippen LogP contribution in [0.25, 0.3) is 0 Å². The highest BCUT2D eigenvalue weighted by Crippen LogP contribution is 2.19. The Morgan fingerprint density at radius 1 is 1.92 bits per heavy atom. The van der Waals surface area contributed by atoms with E-state index in [-0.39, 0.29) is 0 Å². The molecule has 0 saturated heterocycles. The van der Waals surface area contributed by atoms with Gasteiger partial charge >= 0.3 is 5.97 Å². The number of rotatable bonds is 2. The molecule has 0 radical (unpaired) electrons. The maximum atomic E-state index is 10.5. The van der Waals surface area contributed by atoms with E-state index in [0.717, 1.165) is 0 Å². The molecule has 1 aromatic heterocycles. The minimum absolute atomic E-state index is 0.503. The van der Waals surface area contributed by atoms with E-state index in [0.29, 0.717) is 10.7 Å². The Bertz CT molecular complexity index is 337. The molecule has 1 atom stereocenters. The van der Waals surface area contributed by atoms with Crippen LogP contribution in [0, 0.1) is 12.3 Å². The second-order valence-corrected chi connectivity index (χ2v) is 3.16. The summed E-state index contributed by atoms with van der Waals surface area (Å²) in [6.07, 6.45) is 5.09. The van der Waals surface area contributed by atoms with E-state index in [4.69, 9.17) is 11.5 Å². The Labute approximate surface area is 74.1 Å². The standard InChI is InChI=1S/C8H7NO2S/c1-3-6-4-12-7(9-6)5(2)8(10)11/h1,4-5H,2H3,(H,10,11). The van der Waals surface area contributed by atoms with E-state index < -0.39 is 11.9 Å². The summed E-state index contributed by atoms with van der Waals surface area (Å²) in [4.78, 5) is 14.5. The highest BCUT2D eigenvalue weighted by molar-refractivity contribution is 7.09. The molecule has 0 fully saturated rings. The van der Waals surface area contributed by atoms with Gasteiger partial charge in [0.25, 0.3) is 0 Å². The van der Waals surface area contributed by atoms with Crippen molar-refractivity contribution in [2.75, 3.05) is 0 Å². The molecule has 1 rings (SSSR count). The van der Waals surface area contributed by atoms with Crippen LogP contribution >= 0.6 is 11.3 Å². The van der Waals surface area contributed by atoms with E-state index in [1.807, 2.05) is 0 Å². The van der Waals surface area contributed by atoms with Crippen LogP contribution < -0.4 is 0 Å². The molecule has 0 aliphatic rings. The van der Waals surface area contributed by atoms with E-state index in [2.05, 4.69) is 10.9 Å². The SMILES string of the molecule is C#Cc1csc(C(C)C(=O)O)n1. The fourth-order valence-corrected chi connectivity index (χ4v) is 1.47. The minimum atomic E-state index is -0.882. The van der Waals surface area contributed by atoms with Crippen molar-refractivity contribution in [2.45, 2.75) is 12.8 Å². The number of hydrogen-bond acceptors (Lipinski definition) is 3. The number of carboxylic acid groups (broad SMARTS) is 1. The average Bonchev–Trinajstić information content (AvgIpc) is 2.50. The summed E-state index contributed by atoms with van der Waals surface area (Å²) in [5, 5.41) is 10.9. The molecule has 62 valence electrons. The lowest BCUT2D eigenvalue weighted by atomic mass is 10.2. The quantitative estimate of drug-likeness (QED) is 0.700. The average molecular weight is 181 g/mol. The van der Waals surface area contributed by atoms with Gasteiger partial charge in [0, 0.05) is 5.38 Å². The highest BCUT2D eigenvalue weighted by atomic mass is 32.1. The third-order valence-electron chi connectivity index (χ3n) is 1.41. The largest absolute Gasteiger partial charge is 0.481 e. The number of carboxylic acids is 1. The smallest absolute Gasteiger partial charge is 0.313 e. The fourth-order valence-electron chi connectivity index (χ4n) is 0.658. The number of aliphatic carboxylic acids is 1. The summed E-state index contributed by atoms with van der Waals surface area (Å²) in [6, 6.07) is 0. The first kappa shape index (κ1) is 8.75. The summed E-state index contributed by atoms with van der Waals surface area (Å²) < 4.78 is 0. The molecule has 1 heterocycles. The van der Waals surface area contributed by atoms with Gasteiger partial charge in [-0.05, 0) is 12.8 Å². The van der Waals surface area contributed by atoms with Crippen LogP contribution in [0.2, 0.25) is 0 Å². The van der Waals surface area contributed by atoms with Crippen molar-refractivity contribution in [3.05, 3.63) is 16.1 Å². The van der Waals surface area contributed by atoms with Gasteiger partial charge in [-0.3, -0.25) is 4.79 Å². The molecule has 0 aromatic carbocycles. The number of aromatic nitrogens is 1. The van der Waals surface area contributed by atoms with Gasteiger partial charge in [-0.1, -0.05) is 0 Å². The zero-order valence-electron chi connectivity index (χ0n) is 6.44. The van der Waals surface area contributed by atoms with Crippen molar-refractivity contribution < 1.29 is 9.90 Å². The van der Waals surface area contributed by atoms with Crippen LogP contribution in [-0.2, 0) is 4.79 Å². The van der Waals surface area contributed by atoms with Crippen molar-refractivity contribution in [2.24, 2.45) is 0 Å². The first-order chi connectivity index (χ1) is 5.65. The monoisotopic (exact) mass is 181 g/mol. The first-order valence-electron chi connectivity index (χ1n) is 3.30. The van der Waals surface area contributed by atoms with E-state index in [9.17, 15) is 4.79 Å². The zero-order valence-corrected chi connectivity index (χ0v) is 7.26. The van der Waals surface area contributed by atoms with Crippen molar-refractivity contribution in [3.63, 3.8) is 0 Å². The molecule has 0 spiro atoms. The summed E-state index contributed by atoms with van der Waals surface area (Å²) in [5.74, 6) is 0.894. The van der Waals surface area contributed by atoms with Crippen LogP contribution in [0.5, 0.6) is 0 Å². The summed E-state index contributed by atoms with van der Waals surface area (Å²) >= 11 is 1.28. The van der Waals surface area contributed by atoms with Gasteiger partial charge in [0.1, 0.15) is 16.6 Å². The third-order valence-corrected chi connectivity index (χ3v) is 2.44.